The van der Waals surface area contributed by atoms with E-state index in [4.69, 9.17) is 0 Å². The Balaban J connectivity index is 2.06. The topological polar surface area (TPSA) is 61.0 Å². The lowest BCUT2D eigenvalue weighted by Crippen LogP contribution is -2.40. The van der Waals surface area contributed by atoms with E-state index in [0.717, 1.165) is 29.2 Å². The fourth-order valence-electron chi connectivity index (χ4n) is 2.84. The minimum Gasteiger partial charge on any atom is -0.308 e. The number of nitrogens with one attached hydrogen (secondary N) is 2. The summed E-state index contributed by atoms with van der Waals surface area (Å²) < 4.78 is 0. The third kappa shape index (κ3) is 2.45. The van der Waals surface area contributed by atoms with Gasteiger partial charge >= 0.3 is 0 Å². The molecule has 0 spiro atoms. The van der Waals surface area contributed by atoms with E-state index in [9.17, 15) is 4.79 Å². The van der Waals surface area contributed by atoms with Crippen molar-refractivity contribution in [3.05, 3.63) is 46.8 Å². The molecule has 5 heteroatoms. The molecule has 0 saturated carbocycles. The van der Waals surface area contributed by atoms with E-state index in [0.29, 0.717) is 12.1 Å². The molecule has 110 valence electrons. The fourth-order valence-corrected chi connectivity index (χ4v) is 2.84. The second-order valence-corrected chi connectivity index (χ2v) is 5.64. The van der Waals surface area contributed by atoms with Crippen LogP contribution < -0.4 is 10.2 Å². The minimum absolute atomic E-state index is 0.0155. The van der Waals surface area contributed by atoms with Crippen LogP contribution in [0.4, 0.5) is 5.69 Å². The number of aromatic nitrogens is 2. The van der Waals surface area contributed by atoms with Crippen molar-refractivity contribution in [2.24, 2.45) is 0 Å². The number of H-pyrrole nitrogens is 1. The first-order chi connectivity index (χ1) is 10.1. The highest BCUT2D eigenvalue weighted by Gasteiger charge is 2.27. The molecule has 2 aromatic rings. The first-order valence-corrected chi connectivity index (χ1v) is 7.22. The summed E-state index contributed by atoms with van der Waals surface area (Å²) >= 11 is 0. The second-order valence-electron chi connectivity index (χ2n) is 5.64. The molecule has 0 saturated heterocycles. The number of nitrogens with zero attached hydrogens (tertiary/aromatic N) is 2. The van der Waals surface area contributed by atoms with Crippen molar-refractivity contribution in [2.45, 2.75) is 33.4 Å². The lowest BCUT2D eigenvalue weighted by Gasteiger charge is -2.24. The molecule has 1 aromatic carbocycles. The molecular formula is C16H20N4O. The molecule has 1 unspecified atom stereocenters. The van der Waals surface area contributed by atoms with Gasteiger partial charge in [0.05, 0.1) is 11.3 Å². The van der Waals surface area contributed by atoms with Gasteiger partial charge in [0.15, 0.2) is 0 Å². The second kappa shape index (κ2) is 5.33. The summed E-state index contributed by atoms with van der Waals surface area (Å²) in [5, 5.41) is 10.5. The number of hydrogen-bond acceptors (Lipinski definition) is 3. The number of para-hydroxylation sites is 1. The van der Waals surface area contributed by atoms with Gasteiger partial charge in [0.25, 0.3) is 5.91 Å². The van der Waals surface area contributed by atoms with Crippen molar-refractivity contribution >= 4 is 11.6 Å². The summed E-state index contributed by atoms with van der Waals surface area (Å²) in [4.78, 5) is 14.9. The number of aryl methyl sites for hydroxylation is 2. The lowest BCUT2D eigenvalue weighted by atomic mass is 10.1. The van der Waals surface area contributed by atoms with Crippen LogP contribution >= 0.6 is 0 Å². The normalized spacial score (nSPS) is 18.2. The molecule has 0 bridgehead atoms. The zero-order valence-electron chi connectivity index (χ0n) is 12.6. The molecule has 1 aliphatic rings. The monoisotopic (exact) mass is 284 g/mol. The summed E-state index contributed by atoms with van der Waals surface area (Å²) in [5.41, 5.74) is 4.38. The Kier molecular flexibility index (Phi) is 3.51. The van der Waals surface area contributed by atoms with E-state index in [-0.39, 0.29) is 11.9 Å². The van der Waals surface area contributed by atoms with Crippen molar-refractivity contribution in [3.63, 3.8) is 0 Å². The highest BCUT2D eigenvalue weighted by Crippen LogP contribution is 2.26. The Hall–Kier alpha value is -2.14. The number of benzene rings is 1. The summed E-state index contributed by atoms with van der Waals surface area (Å²) in [6, 6.07) is 8.30. The molecule has 21 heavy (non-hydrogen) atoms. The van der Waals surface area contributed by atoms with Gasteiger partial charge in [0.1, 0.15) is 0 Å². The third-order valence-electron chi connectivity index (χ3n) is 3.97. The van der Waals surface area contributed by atoms with Crippen molar-refractivity contribution < 1.29 is 4.79 Å². The fraction of sp³-hybridized carbons (Fsp3) is 0.375. The molecule has 1 aromatic heterocycles. The highest BCUT2D eigenvalue weighted by atomic mass is 16.2. The van der Waals surface area contributed by atoms with E-state index in [1.165, 1.54) is 0 Å². The molecule has 2 heterocycles. The summed E-state index contributed by atoms with van der Waals surface area (Å²) in [7, 11) is 0. The molecule has 0 fully saturated rings. The number of carbonyl (C=O) groups excluding carboxylic acids is 1. The van der Waals surface area contributed by atoms with Crippen LogP contribution in [-0.2, 0) is 6.54 Å². The Labute approximate surface area is 124 Å². The standard InChI is InChI=1S/C16H20N4O/c1-10-9-20(14-7-5-4-6-13(14)8-17-10)16(21)15-11(2)18-19-12(15)3/h4-7,10,17H,8-9H2,1-3H3,(H,18,19). The molecule has 0 aliphatic carbocycles. The zero-order valence-corrected chi connectivity index (χ0v) is 12.6. The first-order valence-electron chi connectivity index (χ1n) is 7.22. The van der Waals surface area contributed by atoms with E-state index in [1.54, 1.807) is 0 Å². The van der Waals surface area contributed by atoms with Gasteiger partial charge in [-0.05, 0) is 32.4 Å². The largest absolute Gasteiger partial charge is 0.308 e. The van der Waals surface area contributed by atoms with Gasteiger partial charge < -0.3 is 10.2 Å². The van der Waals surface area contributed by atoms with Crippen molar-refractivity contribution in [1.29, 1.82) is 0 Å². The average Bonchev–Trinajstić information content (AvgIpc) is 2.71. The molecule has 1 atom stereocenters. The van der Waals surface area contributed by atoms with Gasteiger partial charge in [-0.3, -0.25) is 9.89 Å². The predicted molar refractivity (Wildman–Crippen MR) is 82.5 cm³/mol. The Bertz CT molecular complexity index is 657. The Morgan fingerprint density at radius 1 is 1.33 bits per heavy atom. The van der Waals surface area contributed by atoms with Gasteiger partial charge in [-0.25, -0.2) is 0 Å². The Morgan fingerprint density at radius 3 is 2.81 bits per heavy atom. The SMILES string of the molecule is Cc1n[nH]c(C)c1C(=O)N1CC(C)NCc2ccccc21. The number of aromatic amines is 1. The number of amides is 1. The number of anilines is 1. The van der Waals surface area contributed by atoms with Crippen LogP contribution in [0.1, 0.15) is 34.2 Å². The average molecular weight is 284 g/mol. The number of carbonyl (C=O) groups is 1. The number of hydrogen-bond donors (Lipinski definition) is 2. The van der Waals surface area contributed by atoms with E-state index >= 15 is 0 Å². The predicted octanol–water partition coefficient (Wildman–Crippen LogP) is 2.17. The van der Waals surface area contributed by atoms with E-state index < -0.39 is 0 Å². The van der Waals surface area contributed by atoms with Gasteiger partial charge in [-0.15, -0.1) is 0 Å². The van der Waals surface area contributed by atoms with Crippen LogP contribution in [-0.4, -0.2) is 28.7 Å². The molecule has 0 radical (unpaired) electrons. The Morgan fingerprint density at radius 2 is 2.10 bits per heavy atom. The van der Waals surface area contributed by atoms with Crippen LogP contribution in [0.25, 0.3) is 0 Å². The molecule has 1 aliphatic heterocycles. The first kappa shape index (κ1) is 13.8. The van der Waals surface area contributed by atoms with Crippen molar-refractivity contribution in [2.75, 3.05) is 11.4 Å². The van der Waals surface area contributed by atoms with Crippen molar-refractivity contribution in [3.8, 4) is 0 Å². The molecule has 2 N–H and O–H groups in total. The maximum Gasteiger partial charge on any atom is 0.262 e. The molecule has 1 amide bonds. The van der Waals surface area contributed by atoms with Crippen LogP contribution in [0.2, 0.25) is 0 Å². The minimum atomic E-state index is 0.0155. The highest BCUT2D eigenvalue weighted by molar-refractivity contribution is 6.08. The molecular weight excluding hydrogens is 264 g/mol. The van der Waals surface area contributed by atoms with Crippen LogP contribution in [0, 0.1) is 13.8 Å². The summed E-state index contributed by atoms with van der Waals surface area (Å²) in [5.74, 6) is 0.0155. The van der Waals surface area contributed by atoms with Crippen molar-refractivity contribution in [1.82, 2.24) is 15.5 Å². The van der Waals surface area contributed by atoms with Gasteiger partial charge in [-0.2, -0.15) is 5.10 Å². The molecule has 3 rings (SSSR count). The van der Waals surface area contributed by atoms with Gasteiger partial charge in [0, 0.05) is 30.5 Å². The summed E-state index contributed by atoms with van der Waals surface area (Å²) in [6.45, 7) is 7.28. The lowest BCUT2D eigenvalue weighted by molar-refractivity contribution is 0.0984. The maximum atomic E-state index is 13.0. The number of rotatable bonds is 1. The van der Waals surface area contributed by atoms with Crippen LogP contribution in [0.3, 0.4) is 0 Å². The quantitative estimate of drug-likeness (QED) is 0.843. The third-order valence-corrected chi connectivity index (χ3v) is 3.97. The zero-order chi connectivity index (χ0) is 15.0. The maximum absolute atomic E-state index is 13.0. The summed E-state index contributed by atoms with van der Waals surface area (Å²) in [6.07, 6.45) is 0. The molecule has 5 nitrogen and oxygen atoms in total. The smallest absolute Gasteiger partial charge is 0.262 e. The van der Waals surface area contributed by atoms with E-state index in [1.807, 2.05) is 36.9 Å². The van der Waals surface area contributed by atoms with Crippen LogP contribution in [0.15, 0.2) is 24.3 Å². The van der Waals surface area contributed by atoms with E-state index in [2.05, 4.69) is 28.5 Å². The number of fused-ring (bicyclic) bond motifs is 1. The van der Waals surface area contributed by atoms with Gasteiger partial charge in [-0.1, -0.05) is 18.2 Å². The van der Waals surface area contributed by atoms with Gasteiger partial charge in [0.2, 0.25) is 0 Å². The van der Waals surface area contributed by atoms with Crippen LogP contribution in [0.5, 0.6) is 0 Å².